The van der Waals surface area contributed by atoms with Gasteiger partial charge in [-0.05, 0) is 42.9 Å². The van der Waals surface area contributed by atoms with Gasteiger partial charge in [0, 0.05) is 12.6 Å². The molecule has 0 radical (unpaired) electrons. The lowest BCUT2D eigenvalue weighted by molar-refractivity contribution is -0.385. The summed E-state index contributed by atoms with van der Waals surface area (Å²) in [6, 6.07) is 3.74. The van der Waals surface area contributed by atoms with E-state index in [1.54, 1.807) is 0 Å². The van der Waals surface area contributed by atoms with Gasteiger partial charge in [-0.2, -0.15) is 0 Å². The molecule has 4 nitrogen and oxygen atoms in total. The van der Waals surface area contributed by atoms with E-state index in [-0.39, 0.29) is 5.69 Å². The third kappa shape index (κ3) is 4.77. The molecule has 0 saturated heterocycles. The highest BCUT2D eigenvalue weighted by molar-refractivity contribution is 5.35. The normalized spacial score (nSPS) is 22.2. The van der Waals surface area contributed by atoms with Crippen LogP contribution in [-0.2, 0) is 6.54 Å². The van der Waals surface area contributed by atoms with Crippen LogP contribution in [0.2, 0.25) is 0 Å². The van der Waals surface area contributed by atoms with E-state index < -0.39 is 10.7 Å². The summed E-state index contributed by atoms with van der Waals surface area (Å²) in [6.07, 6.45) is 6.36. The minimum Gasteiger partial charge on any atom is -0.312 e. The molecule has 1 aromatic rings. The van der Waals surface area contributed by atoms with E-state index in [1.165, 1.54) is 44.2 Å². The predicted molar refractivity (Wildman–Crippen MR) is 80.5 cm³/mol. The maximum Gasteiger partial charge on any atom is 0.272 e. The summed E-state index contributed by atoms with van der Waals surface area (Å²) >= 11 is 0. The molecule has 0 heterocycles. The highest BCUT2D eigenvalue weighted by Gasteiger charge is 2.19. The summed E-state index contributed by atoms with van der Waals surface area (Å²) in [4.78, 5) is 10.1. The number of non-ortho nitro benzene ring substituents is 1. The van der Waals surface area contributed by atoms with Gasteiger partial charge in [0.25, 0.3) is 5.69 Å². The van der Waals surface area contributed by atoms with Crippen LogP contribution in [0.4, 0.5) is 10.1 Å². The second-order valence-corrected chi connectivity index (χ2v) is 6.00. The van der Waals surface area contributed by atoms with Gasteiger partial charge in [-0.3, -0.25) is 10.1 Å². The zero-order valence-corrected chi connectivity index (χ0v) is 12.5. The lowest BCUT2D eigenvalue weighted by atomic mass is 9.81. The minimum atomic E-state index is -0.557. The van der Waals surface area contributed by atoms with Crippen molar-refractivity contribution in [1.29, 1.82) is 0 Å². The third-order valence-electron chi connectivity index (χ3n) is 4.46. The first kappa shape index (κ1) is 15.9. The number of halogens is 1. The molecule has 0 atom stereocenters. The highest BCUT2D eigenvalue weighted by atomic mass is 19.1. The fourth-order valence-corrected chi connectivity index (χ4v) is 3.11. The van der Waals surface area contributed by atoms with Gasteiger partial charge in [0.15, 0.2) is 0 Å². The smallest absolute Gasteiger partial charge is 0.272 e. The molecule has 0 bridgehead atoms. The molecule has 1 aliphatic carbocycles. The van der Waals surface area contributed by atoms with Gasteiger partial charge in [0.05, 0.1) is 11.0 Å². The number of rotatable bonds is 6. The molecule has 0 spiro atoms. The van der Waals surface area contributed by atoms with Crippen LogP contribution in [0.1, 0.15) is 44.6 Å². The molecule has 0 aromatic heterocycles. The summed E-state index contributed by atoms with van der Waals surface area (Å²) in [6.45, 7) is 3.63. The lowest BCUT2D eigenvalue weighted by Gasteiger charge is -2.27. The van der Waals surface area contributed by atoms with E-state index in [0.29, 0.717) is 18.0 Å². The average molecular weight is 294 g/mol. The monoisotopic (exact) mass is 294 g/mol. The Morgan fingerprint density at radius 1 is 1.24 bits per heavy atom. The van der Waals surface area contributed by atoms with E-state index in [9.17, 15) is 14.5 Å². The Morgan fingerprint density at radius 3 is 2.52 bits per heavy atom. The quantitative estimate of drug-likeness (QED) is 0.636. The van der Waals surface area contributed by atoms with Gasteiger partial charge in [-0.15, -0.1) is 0 Å². The first-order valence-electron chi connectivity index (χ1n) is 7.73. The Bertz CT molecular complexity index is 485. The van der Waals surface area contributed by atoms with Gasteiger partial charge >= 0.3 is 0 Å². The van der Waals surface area contributed by atoms with Gasteiger partial charge in [0.1, 0.15) is 5.82 Å². The highest BCUT2D eigenvalue weighted by Crippen LogP contribution is 2.30. The topological polar surface area (TPSA) is 55.2 Å². The summed E-state index contributed by atoms with van der Waals surface area (Å²) in [5.41, 5.74) is 0.444. The SMILES string of the molecule is CCC1CCC(CNCc2cc(F)cc([N+](=O)[O-])c2)CC1. The maximum atomic E-state index is 13.3. The fourth-order valence-electron chi connectivity index (χ4n) is 3.11. The van der Waals surface area contributed by atoms with Crippen molar-refractivity contribution < 1.29 is 9.31 Å². The molecule has 1 fully saturated rings. The van der Waals surface area contributed by atoms with Gasteiger partial charge in [-0.1, -0.05) is 26.2 Å². The van der Waals surface area contributed by atoms with Crippen LogP contribution in [-0.4, -0.2) is 11.5 Å². The summed E-state index contributed by atoms with van der Waals surface area (Å²) in [5.74, 6) is 1.01. The Balaban J connectivity index is 1.80. The second kappa shape index (κ2) is 7.50. The van der Waals surface area contributed by atoms with Crippen LogP contribution in [0.25, 0.3) is 0 Å². The molecule has 1 saturated carbocycles. The van der Waals surface area contributed by atoms with Crippen LogP contribution in [0.5, 0.6) is 0 Å². The zero-order chi connectivity index (χ0) is 15.2. The van der Waals surface area contributed by atoms with Crippen molar-refractivity contribution in [2.24, 2.45) is 11.8 Å². The van der Waals surface area contributed by atoms with E-state index in [1.807, 2.05) is 0 Å². The van der Waals surface area contributed by atoms with E-state index in [0.717, 1.165) is 18.5 Å². The van der Waals surface area contributed by atoms with Crippen molar-refractivity contribution in [2.75, 3.05) is 6.54 Å². The number of nitro groups is 1. The number of nitrogens with zero attached hydrogens (tertiary/aromatic N) is 1. The summed E-state index contributed by atoms with van der Waals surface area (Å²) < 4.78 is 13.3. The molecule has 2 rings (SSSR count). The molecule has 1 aromatic carbocycles. The van der Waals surface area contributed by atoms with E-state index >= 15 is 0 Å². The number of nitro benzene ring substituents is 1. The van der Waals surface area contributed by atoms with Crippen molar-refractivity contribution in [2.45, 2.75) is 45.6 Å². The third-order valence-corrected chi connectivity index (χ3v) is 4.46. The molecule has 0 aliphatic heterocycles. The number of benzene rings is 1. The maximum absolute atomic E-state index is 13.3. The molecular formula is C16H23FN2O2. The van der Waals surface area contributed by atoms with Crippen molar-refractivity contribution in [1.82, 2.24) is 5.32 Å². The standard InChI is InChI=1S/C16H23FN2O2/c1-2-12-3-5-13(6-4-12)10-18-11-14-7-15(17)9-16(8-14)19(20)21/h7-9,12-13,18H,2-6,10-11H2,1H3. The minimum absolute atomic E-state index is 0.185. The van der Waals surface area contributed by atoms with Gasteiger partial charge in [0.2, 0.25) is 0 Å². The lowest BCUT2D eigenvalue weighted by Crippen LogP contribution is -2.26. The van der Waals surface area contributed by atoms with Crippen LogP contribution < -0.4 is 5.32 Å². The molecular weight excluding hydrogens is 271 g/mol. The van der Waals surface area contributed by atoms with Crippen LogP contribution in [0.3, 0.4) is 0 Å². The Morgan fingerprint density at radius 2 is 1.90 bits per heavy atom. The molecule has 5 heteroatoms. The van der Waals surface area contributed by atoms with Crippen molar-refractivity contribution in [3.05, 3.63) is 39.7 Å². The first-order valence-corrected chi connectivity index (χ1v) is 7.73. The van der Waals surface area contributed by atoms with Gasteiger partial charge in [-0.25, -0.2) is 4.39 Å². The molecule has 116 valence electrons. The molecule has 1 N–H and O–H groups in total. The zero-order valence-electron chi connectivity index (χ0n) is 12.5. The summed E-state index contributed by atoms with van der Waals surface area (Å²) in [7, 11) is 0. The van der Waals surface area contributed by atoms with Crippen LogP contribution in [0, 0.1) is 27.8 Å². The Kier molecular flexibility index (Phi) is 5.67. The largest absolute Gasteiger partial charge is 0.312 e. The fraction of sp³-hybridized carbons (Fsp3) is 0.625. The van der Waals surface area contributed by atoms with Crippen molar-refractivity contribution in [3.63, 3.8) is 0 Å². The van der Waals surface area contributed by atoms with Crippen molar-refractivity contribution >= 4 is 5.69 Å². The first-order chi connectivity index (χ1) is 10.1. The Hall–Kier alpha value is -1.49. The van der Waals surface area contributed by atoms with Crippen LogP contribution >= 0.6 is 0 Å². The van der Waals surface area contributed by atoms with Crippen molar-refractivity contribution in [3.8, 4) is 0 Å². The van der Waals surface area contributed by atoms with Gasteiger partial charge < -0.3 is 5.32 Å². The average Bonchev–Trinajstić information content (AvgIpc) is 2.47. The van der Waals surface area contributed by atoms with E-state index in [2.05, 4.69) is 12.2 Å². The molecule has 21 heavy (non-hydrogen) atoms. The Labute approximate surface area is 124 Å². The summed E-state index contributed by atoms with van der Waals surface area (Å²) in [5, 5.41) is 14.0. The molecule has 1 aliphatic rings. The van der Waals surface area contributed by atoms with Crippen LogP contribution in [0.15, 0.2) is 18.2 Å². The number of hydrogen-bond donors (Lipinski definition) is 1. The second-order valence-electron chi connectivity index (χ2n) is 6.00. The molecule has 0 amide bonds. The number of hydrogen-bond acceptors (Lipinski definition) is 3. The predicted octanol–water partition coefficient (Wildman–Crippen LogP) is 4.04. The van der Waals surface area contributed by atoms with E-state index in [4.69, 9.17) is 0 Å². The number of nitrogens with one attached hydrogen (secondary N) is 1. The molecule has 0 unspecified atom stereocenters.